The highest BCUT2D eigenvalue weighted by molar-refractivity contribution is 5.82. The SMILES string of the molecule is CCNC(=O)C1CN(C(C)(C)c2ncc(-c3cncc(OC)c3)o2)CCN1. The molecule has 1 amide bonds. The van der Waals surface area contributed by atoms with Crippen molar-refractivity contribution in [2.45, 2.75) is 32.4 Å². The zero-order chi connectivity index (χ0) is 19.4. The molecule has 3 heterocycles. The van der Waals surface area contributed by atoms with Crippen LogP contribution in [0.25, 0.3) is 11.3 Å². The van der Waals surface area contributed by atoms with Crippen molar-refractivity contribution in [1.29, 1.82) is 0 Å². The summed E-state index contributed by atoms with van der Waals surface area (Å²) in [6, 6.07) is 1.62. The molecule has 27 heavy (non-hydrogen) atoms. The van der Waals surface area contributed by atoms with Crippen molar-refractivity contribution in [2.75, 3.05) is 33.3 Å². The van der Waals surface area contributed by atoms with Crippen molar-refractivity contribution in [3.8, 4) is 17.1 Å². The van der Waals surface area contributed by atoms with Crippen molar-refractivity contribution in [3.63, 3.8) is 0 Å². The standard InChI is InChI=1S/C19H27N5O3/c1-5-21-17(25)15-12-24(7-6-22-15)19(2,3)18-23-11-16(27-18)13-8-14(26-4)10-20-9-13/h8-11,15,22H,5-7,12H2,1-4H3,(H,21,25). The normalized spacial score (nSPS) is 18.3. The summed E-state index contributed by atoms with van der Waals surface area (Å²) < 4.78 is 11.3. The van der Waals surface area contributed by atoms with E-state index < -0.39 is 5.54 Å². The maximum absolute atomic E-state index is 12.2. The Morgan fingerprint density at radius 3 is 3.00 bits per heavy atom. The van der Waals surface area contributed by atoms with Gasteiger partial charge in [-0.25, -0.2) is 4.98 Å². The molecule has 1 aliphatic rings. The van der Waals surface area contributed by atoms with Crippen LogP contribution in [0.1, 0.15) is 26.7 Å². The molecule has 1 aliphatic heterocycles. The van der Waals surface area contributed by atoms with Gasteiger partial charge in [0.15, 0.2) is 5.76 Å². The molecule has 2 N–H and O–H groups in total. The van der Waals surface area contributed by atoms with Crippen LogP contribution in [-0.4, -0.2) is 60.1 Å². The fraction of sp³-hybridized carbons (Fsp3) is 0.526. The van der Waals surface area contributed by atoms with Gasteiger partial charge < -0.3 is 19.8 Å². The van der Waals surface area contributed by atoms with Crippen molar-refractivity contribution < 1.29 is 13.9 Å². The third kappa shape index (κ3) is 4.12. The monoisotopic (exact) mass is 373 g/mol. The maximum atomic E-state index is 12.2. The molecule has 0 bridgehead atoms. The quantitative estimate of drug-likeness (QED) is 0.790. The van der Waals surface area contributed by atoms with E-state index in [1.807, 2.05) is 13.0 Å². The van der Waals surface area contributed by atoms with Gasteiger partial charge in [0.05, 0.1) is 31.1 Å². The van der Waals surface area contributed by atoms with Crippen LogP contribution in [0, 0.1) is 0 Å². The van der Waals surface area contributed by atoms with Gasteiger partial charge in [0.1, 0.15) is 5.75 Å². The number of hydrogen-bond acceptors (Lipinski definition) is 7. The molecule has 8 nitrogen and oxygen atoms in total. The molecule has 8 heteroatoms. The zero-order valence-corrected chi connectivity index (χ0v) is 16.3. The molecule has 0 spiro atoms. The Balaban J connectivity index is 1.78. The van der Waals surface area contributed by atoms with Crippen LogP contribution in [0.15, 0.2) is 29.1 Å². The van der Waals surface area contributed by atoms with E-state index in [0.29, 0.717) is 30.5 Å². The van der Waals surface area contributed by atoms with E-state index in [0.717, 1.165) is 18.7 Å². The van der Waals surface area contributed by atoms with Crippen molar-refractivity contribution >= 4 is 5.91 Å². The first-order valence-electron chi connectivity index (χ1n) is 9.17. The second-order valence-electron chi connectivity index (χ2n) is 7.05. The third-order valence-corrected chi connectivity index (χ3v) is 4.90. The Morgan fingerprint density at radius 1 is 1.44 bits per heavy atom. The lowest BCUT2D eigenvalue weighted by Gasteiger charge is -2.41. The Morgan fingerprint density at radius 2 is 2.26 bits per heavy atom. The first-order chi connectivity index (χ1) is 13.0. The number of carbonyl (C=O) groups is 1. The number of piperazine rings is 1. The van der Waals surface area contributed by atoms with Gasteiger partial charge in [0.2, 0.25) is 11.8 Å². The van der Waals surface area contributed by atoms with Crippen LogP contribution >= 0.6 is 0 Å². The summed E-state index contributed by atoms with van der Waals surface area (Å²) in [6.07, 6.45) is 5.07. The lowest BCUT2D eigenvalue weighted by molar-refractivity contribution is -0.124. The molecular weight excluding hydrogens is 346 g/mol. The van der Waals surface area contributed by atoms with Gasteiger partial charge in [0, 0.05) is 37.9 Å². The number of hydrogen-bond donors (Lipinski definition) is 2. The first-order valence-corrected chi connectivity index (χ1v) is 9.17. The Kier molecular flexibility index (Phi) is 5.76. The van der Waals surface area contributed by atoms with E-state index in [9.17, 15) is 4.79 Å². The van der Waals surface area contributed by atoms with Crippen LogP contribution in [0.3, 0.4) is 0 Å². The van der Waals surface area contributed by atoms with E-state index >= 15 is 0 Å². The highest BCUT2D eigenvalue weighted by Gasteiger charge is 2.38. The minimum Gasteiger partial charge on any atom is -0.495 e. The zero-order valence-electron chi connectivity index (χ0n) is 16.3. The molecular formula is C19H27N5O3. The number of ether oxygens (including phenoxy) is 1. The highest BCUT2D eigenvalue weighted by Crippen LogP contribution is 2.31. The molecule has 2 aromatic rings. The number of pyridine rings is 1. The number of amides is 1. The van der Waals surface area contributed by atoms with E-state index in [2.05, 4.69) is 39.3 Å². The second kappa shape index (κ2) is 8.06. The second-order valence-corrected chi connectivity index (χ2v) is 7.05. The highest BCUT2D eigenvalue weighted by atomic mass is 16.5. The van der Waals surface area contributed by atoms with Gasteiger partial charge in [0.25, 0.3) is 0 Å². The molecule has 3 rings (SSSR count). The Bertz CT molecular complexity index is 789. The Labute approximate surface area is 159 Å². The minimum absolute atomic E-state index is 0.0218. The largest absolute Gasteiger partial charge is 0.495 e. The van der Waals surface area contributed by atoms with Gasteiger partial charge >= 0.3 is 0 Å². The number of nitrogens with one attached hydrogen (secondary N) is 2. The fourth-order valence-electron chi connectivity index (χ4n) is 3.22. The predicted octanol–water partition coefficient (Wildman–Crippen LogP) is 1.39. The lowest BCUT2D eigenvalue weighted by Crippen LogP contribution is -2.60. The summed E-state index contributed by atoms with van der Waals surface area (Å²) >= 11 is 0. The molecule has 0 aliphatic carbocycles. The molecule has 1 saturated heterocycles. The van der Waals surface area contributed by atoms with Crippen molar-refractivity contribution in [3.05, 3.63) is 30.5 Å². The third-order valence-electron chi connectivity index (χ3n) is 4.90. The fourth-order valence-corrected chi connectivity index (χ4v) is 3.22. The molecule has 0 radical (unpaired) electrons. The number of nitrogens with zero attached hydrogens (tertiary/aromatic N) is 3. The van der Waals surface area contributed by atoms with E-state index in [1.54, 1.807) is 25.7 Å². The van der Waals surface area contributed by atoms with Gasteiger partial charge in [-0.2, -0.15) is 0 Å². The van der Waals surface area contributed by atoms with Gasteiger partial charge in [-0.15, -0.1) is 0 Å². The topological polar surface area (TPSA) is 92.5 Å². The van der Waals surface area contributed by atoms with E-state index in [-0.39, 0.29) is 11.9 Å². The number of carbonyl (C=O) groups excluding carboxylic acids is 1. The van der Waals surface area contributed by atoms with Gasteiger partial charge in [-0.05, 0) is 26.8 Å². The van der Waals surface area contributed by atoms with Gasteiger partial charge in [-0.3, -0.25) is 14.7 Å². The number of oxazole rings is 1. The average molecular weight is 373 g/mol. The minimum atomic E-state index is -0.447. The summed E-state index contributed by atoms with van der Waals surface area (Å²) in [5.74, 6) is 1.93. The maximum Gasteiger partial charge on any atom is 0.238 e. The van der Waals surface area contributed by atoms with Crippen molar-refractivity contribution in [1.82, 2.24) is 25.5 Å². The summed E-state index contributed by atoms with van der Waals surface area (Å²) in [5, 5.41) is 6.15. The molecule has 146 valence electrons. The number of rotatable bonds is 6. The Hall–Kier alpha value is -2.45. The first kappa shape index (κ1) is 19.3. The van der Waals surface area contributed by atoms with E-state index in [4.69, 9.17) is 9.15 Å². The molecule has 1 fully saturated rings. The van der Waals surface area contributed by atoms with Gasteiger partial charge in [-0.1, -0.05) is 0 Å². The average Bonchev–Trinajstić information content (AvgIpc) is 3.19. The van der Waals surface area contributed by atoms with Crippen LogP contribution < -0.4 is 15.4 Å². The van der Waals surface area contributed by atoms with E-state index in [1.165, 1.54) is 0 Å². The summed E-state index contributed by atoms with van der Waals surface area (Å²) in [7, 11) is 1.60. The molecule has 1 atom stereocenters. The van der Waals surface area contributed by atoms with Crippen LogP contribution in [0.2, 0.25) is 0 Å². The number of methoxy groups -OCH3 is 1. The number of likely N-dealkylation sites (N-methyl/N-ethyl adjacent to an activating group) is 1. The molecule has 2 aromatic heterocycles. The molecule has 1 unspecified atom stereocenters. The number of aromatic nitrogens is 2. The van der Waals surface area contributed by atoms with Crippen LogP contribution in [-0.2, 0) is 10.3 Å². The smallest absolute Gasteiger partial charge is 0.238 e. The summed E-state index contributed by atoms with van der Waals surface area (Å²) in [4.78, 5) is 23.1. The predicted molar refractivity (Wildman–Crippen MR) is 101 cm³/mol. The molecule has 0 aromatic carbocycles. The van der Waals surface area contributed by atoms with Crippen LogP contribution in [0.5, 0.6) is 5.75 Å². The summed E-state index contributed by atoms with van der Waals surface area (Å²) in [5.41, 5.74) is 0.363. The molecule has 0 saturated carbocycles. The van der Waals surface area contributed by atoms with Crippen molar-refractivity contribution in [2.24, 2.45) is 0 Å². The summed E-state index contributed by atoms with van der Waals surface area (Å²) in [6.45, 7) is 8.80. The lowest BCUT2D eigenvalue weighted by atomic mass is 10.00. The van der Waals surface area contributed by atoms with Crippen LogP contribution in [0.4, 0.5) is 0 Å².